The zero-order valence-electron chi connectivity index (χ0n) is 12.1. The van der Waals surface area contributed by atoms with Gasteiger partial charge in [-0.3, -0.25) is 4.99 Å². The molecule has 0 saturated heterocycles. The Kier molecular flexibility index (Phi) is 3.38. The number of nitrogens with zero attached hydrogens (tertiary/aromatic N) is 1. The summed E-state index contributed by atoms with van der Waals surface area (Å²) in [5, 5.41) is 7.17. The number of benzene rings is 2. The fourth-order valence-electron chi connectivity index (χ4n) is 3.50. The molecule has 108 valence electrons. The van der Waals surface area contributed by atoms with E-state index in [4.69, 9.17) is 4.99 Å². The minimum atomic E-state index is 0.509. The lowest BCUT2D eigenvalue weighted by Gasteiger charge is -2.31. The number of fused-ring (bicyclic) bond motifs is 1. The van der Waals surface area contributed by atoms with E-state index < -0.39 is 0 Å². The number of thioether (sulfide) groups is 1. The highest BCUT2D eigenvalue weighted by atomic mass is 32.2. The van der Waals surface area contributed by atoms with Crippen LogP contribution in [0.1, 0.15) is 25.7 Å². The van der Waals surface area contributed by atoms with E-state index in [0.29, 0.717) is 5.41 Å². The second kappa shape index (κ2) is 5.38. The predicted molar refractivity (Wildman–Crippen MR) is 93.2 cm³/mol. The summed E-state index contributed by atoms with van der Waals surface area (Å²) >= 11 is 1.90. The van der Waals surface area contributed by atoms with Crippen LogP contribution in [0.25, 0.3) is 10.8 Å². The van der Waals surface area contributed by atoms with Crippen LogP contribution in [-0.4, -0.2) is 17.5 Å². The molecule has 1 aliphatic heterocycles. The molecule has 0 radical (unpaired) electrons. The van der Waals surface area contributed by atoms with E-state index in [0.717, 1.165) is 11.7 Å². The molecule has 1 fully saturated rings. The summed E-state index contributed by atoms with van der Waals surface area (Å²) in [6, 6.07) is 14.9. The highest BCUT2D eigenvalue weighted by molar-refractivity contribution is 8.14. The molecule has 1 aliphatic carbocycles. The van der Waals surface area contributed by atoms with E-state index >= 15 is 0 Å². The minimum Gasteiger partial charge on any atom is -0.334 e. The molecule has 3 heteroatoms. The fraction of sp³-hybridized carbons (Fsp3) is 0.389. The Morgan fingerprint density at radius 2 is 1.81 bits per heavy atom. The van der Waals surface area contributed by atoms with Crippen molar-refractivity contribution in [2.45, 2.75) is 25.7 Å². The SMILES string of the molecule is c1ccc2c(NC3=NCC4(CCCC4)CS3)cccc2c1. The van der Waals surface area contributed by atoms with Crippen LogP contribution < -0.4 is 5.32 Å². The number of hydrogen-bond acceptors (Lipinski definition) is 3. The summed E-state index contributed by atoms with van der Waals surface area (Å²) in [6.07, 6.45) is 5.51. The van der Waals surface area contributed by atoms with Gasteiger partial charge in [-0.2, -0.15) is 0 Å². The van der Waals surface area contributed by atoms with Gasteiger partial charge in [0, 0.05) is 23.4 Å². The monoisotopic (exact) mass is 296 g/mol. The average Bonchev–Trinajstić information content (AvgIpc) is 2.99. The molecule has 0 atom stereocenters. The third kappa shape index (κ3) is 2.55. The van der Waals surface area contributed by atoms with Crippen LogP contribution in [0.4, 0.5) is 5.69 Å². The molecule has 1 spiro atoms. The van der Waals surface area contributed by atoms with Crippen molar-refractivity contribution in [3.05, 3.63) is 42.5 Å². The van der Waals surface area contributed by atoms with Crippen molar-refractivity contribution >= 4 is 33.4 Å². The Labute approximate surface area is 130 Å². The minimum absolute atomic E-state index is 0.509. The normalized spacial score (nSPS) is 20.7. The second-order valence-electron chi connectivity index (χ2n) is 6.27. The van der Waals surface area contributed by atoms with E-state index in [1.807, 2.05) is 11.8 Å². The molecule has 2 aliphatic rings. The maximum atomic E-state index is 4.84. The van der Waals surface area contributed by atoms with Crippen molar-refractivity contribution in [2.24, 2.45) is 10.4 Å². The largest absolute Gasteiger partial charge is 0.334 e. The van der Waals surface area contributed by atoms with Crippen molar-refractivity contribution in [3.8, 4) is 0 Å². The number of rotatable bonds is 1. The van der Waals surface area contributed by atoms with Gasteiger partial charge in [-0.15, -0.1) is 0 Å². The average molecular weight is 296 g/mol. The molecule has 2 aromatic carbocycles. The van der Waals surface area contributed by atoms with Gasteiger partial charge < -0.3 is 5.32 Å². The van der Waals surface area contributed by atoms with Gasteiger partial charge in [0.2, 0.25) is 0 Å². The maximum Gasteiger partial charge on any atom is 0.161 e. The van der Waals surface area contributed by atoms with E-state index in [9.17, 15) is 0 Å². The number of amidine groups is 1. The van der Waals surface area contributed by atoms with Crippen LogP contribution >= 0.6 is 11.8 Å². The Morgan fingerprint density at radius 1 is 1.00 bits per heavy atom. The van der Waals surface area contributed by atoms with Crippen molar-refractivity contribution in [1.82, 2.24) is 0 Å². The smallest absolute Gasteiger partial charge is 0.161 e. The standard InChI is InChI=1S/C18H20N2S/c1-2-8-15-14(6-1)7-5-9-16(15)20-17-19-12-18(13-21-17)10-3-4-11-18/h1-2,5-9H,3-4,10-13H2,(H,19,20). The van der Waals surface area contributed by atoms with Gasteiger partial charge >= 0.3 is 0 Å². The predicted octanol–water partition coefficient (Wildman–Crippen LogP) is 4.91. The summed E-state index contributed by atoms with van der Waals surface area (Å²) in [5.41, 5.74) is 1.68. The van der Waals surface area contributed by atoms with Gasteiger partial charge in [-0.25, -0.2) is 0 Å². The Bertz CT molecular complexity index is 681. The lowest BCUT2D eigenvalue weighted by Crippen LogP contribution is -2.30. The molecule has 0 unspecified atom stereocenters. The molecular weight excluding hydrogens is 276 g/mol. The molecule has 21 heavy (non-hydrogen) atoms. The van der Waals surface area contributed by atoms with E-state index in [2.05, 4.69) is 47.8 Å². The molecule has 1 N–H and O–H groups in total. The van der Waals surface area contributed by atoms with Crippen LogP contribution in [0.5, 0.6) is 0 Å². The molecule has 0 aromatic heterocycles. The van der Waals surface area contributed by atoms with E-state index in [-0.39, 0.29) is 0 Å². The molecule has 2 aromatic rings. The van der Waals surface area contributed by atoms with Crippen LogP contribution in [0.3, 0.4) is 0 Å². The van der Waals surface area contributed by atoms with E-state index in [1.165, 1.54) is 47.9 Å². The zero-order chi connectivity index (χ0) is 14.1. The van der Waals surface area contributed by atoms with Crippen molar-refractivity contribution < 1.29 is 0 Å². The van der Waals surface area contributed by atoms with Gasteiger partial charge in [-0.1, -0.05) is 61.0 Å². The molecule has 1 saturated carbocycles. The second-order valence-corrected chi connectivity index (χ2v) is 7.23. The van der Waals surface area contributed by atoms with Gasteiger partial charge in [0.15, 0.2) is 5.17 Å². The third-order valence-electron chi connectivity index (χ3n) is 4.77. The van der Waals surface area contributed by atoms with Crippen LogP contribution in [0, 0.1) is 5.41 Å². The molecule has 2 nitrogen and oxygen atoms in total. The highest BCUT2D eigenvalue weighted by Crippen LogP contribution is 2.43. The van der Waals surface area contributed by atoms with Crippen LogP contribution in [-0.2, 0) is 0 Å². The number of anilines is 1. The topological polar surface area (TPSA) is 24.4 Å². The van der Waals surface area contributed by atoms with Gasteiger partial charge in [-0.05, 0) is 29.7 Å². The van der Waals surface area contributed by atoms with Gasteiger partial charge in [0.25, 0.3) is 0 Å². The lowest BCUT2D eigenvalue weighted by molar-refractivity contribution is 0.359. The number of hydrogen-bond donors (Lipinski definition) is 1. The van der Waals surface area contributed by atoms with Crippen molar-refractivity contribution in [3.63, 3.8) is 0 Å². The Balaban J connectivity index is 1.57. The number of aliphatic imine (C=N–C) groups is 1. The van der Waals surface area contributed by atoms with Crippen LogP contribution in [0.2, 0.25) is 0 Å². The summed E-state index contributed by atoms with van der Waals surface area (Å²) in [6.45, 7) is 1.01. The zero-order valence-corrected chi connectivity index (χ0v) is 13.0. The fourth-order valence-corrected chi connectivity index (χ4v) is 4.67. The van der Waals surface area contributed by atoms with Gasteiger partial charge in [0.05, 0.1) is 0 Å². The maximum absolute atomic E-state index is 4.84. The first-order valence-corrected chi connectivity index (χ1v) is 8.75. The molecule has 1 heterocycles. The summed E-state index contributed by atoms with van der Waals surface area (Å²) in [4.78, 5) is 4.84. The summed E-state index contributed by atoms with van der Waals surface area (Å²) in [7, 11) is 0. The summed E-state index contributed by atoms with van der Waals surface area (Å²) < 4.78 is 0. The van der Waals surface area contributed by atoms with Crippen molar-refractivity contribution in [1.29, 1.82) is 0 Å². The first-order valence-electron chi connectivity index (χ1n) is 7.77. The molecular formula is C18H20N2S. The Morgan fingerprint density at radius 3 is 2.62 bits per heavy atom. The van der Waals surface area contributed by atoms with E-state index in [1.54, 1.807) is 0 Å². The first-order chi connectivity index (χ1) is 10.3. The lowest BCUT2D eigenvalue weighted by atomic mass is 9.89. The molecule has 0 bridgehead atoms. The molecule has 4 rings (SSSR count). The first kappa shape index (κ1) is 13.2. The summed E-state index contributed by atoms with van der Waals surface area (Å²) in [5.74, 6) is 1.23. The quantitative estimate of drug-likeness (QED) is 0.808. The molecule has 0 amide bonds. The number of nitrogens with one attached hydrogen (secondary N) is 1. The third-order valence-corrected chi connectivity index (χ3v) is 6.03. The van der Waals surface area contributed by atoms with Crippen LogP contribution in [0.15, 0.2) is 47.5 Å². The highest BCUT2D eigenvalue weighted by Gasteiger charge is 2.36. The Hall–Kier alpha value is -1.48. The van der Waals surface area contributed by atoms with Crippen molar-refractivity contribution in [2.75, 3.05) is 17.6 Å². The van der Waals surface area contributed by atoms with Gasteiger partial charge in [0.1, 0.15) is 0 Å².